The molecule has 2 rings (SSSR count). The molecule has 0 fully saturated rings. The van der Waals surface area contributed by atoms with Gasteiger partial charge in [-0.15, -0.1) is 0 Å². The number of carbonyl (C=O) groups is 1. The molecule has 0 unspecified atom stereocenters. The average molecular weight is 286 g/mol. The Morgan fingerprint density at radius 2 is 1.62 bits per heavy atom. The van der Waals surface area contributed by atoms with E-state index in [0.29, 0.717) is 12.4 Å². The van der Waals surface area contributed by atoms with Crippen LogP contribution in [0.4, 0.5) is 0 Å². The normalized spacial score (nSPS) is 10.2. The Morgan fingerprint density at radius 1 is 1.00 bits per heavy atom. The maximum Gasteiger partial charge on any atom is 0.339 e. The third-order valence-electron chi connectivity index (χ3n) is 2.92. The Hall–Kier alpha value is -2.49. The van der Waals surface area contributed by atoms with Crippen LogP contribution in [0.2, 0.25) is 0 Å². The maximum atomic E-state index is 11.0. The molecule has 0 saturated carbocycles. The molecule has 2 aromatic rings. The highest BCUT2D eigenvalue weighted by Crippen LogP contribution is 2.18. The van der Waals surface area contributed by atoms with Gasteiger partial charge in [0.25, 0.3) is 0 Å². The van der Waals surface area contributed by atoms with E-state index in [4.69, 9.17) is 14.6 Å². The van der Waals surface area contributed by atoms with Gasteiger partial charge in [-0.1, -0.05) is 18.2 Å². The summed E-state index contributed by atoms with van der Waals surface area (Å²) in [6.45, 7) is 4.67. The minimum absolute atomic E-state index is 0.156. The number of carboxylic acid groups (broad SMARTS) is 1. The zero-order chi connectivity index (χ0) is 15.2. The Kier molecular flexibility index (Phi) is 4.82. The van der Waals surface area contributed by atoms with Gasteiger partial charge in [0.15, 0.2) is 0 Å². The summed E-state index contributed by atoms with van der Waals surface area (Å²) in [5.74, 6) is 0.150. The van der Waals surface area contributed by atoms with Crippen LogP contribution in [0.15, 0.2) is 42.5 Å². The summed E-state index contributed by atoms with van der Waals surface area (Å²) in [6, 6.07) is 12.6. The van der Waals surface area contributed by atoms with Gasteiger partial charge in [0, 0.05) is 0 Å². The van der Waals surface area contributed by atoms with Crippen molar-refractivity contribution in [1.82, 2.24) is 0 Å². The second-order valence-corrected chi connectivity index (χ2v) is 4.82. The number of benzene rings is 2. The molecule has 0 spiro atoms. The van der Waals surface area contributed by atoms with Crippen molar-refractivity contribution >= 4 is 5.97 Å². The van der Waals surface area contributed by atoms with Crippen LogP contribution in [0.5, 0.6) is 11.5 Å². The van der Waals surface area contributed by atoms with Gasteiger partial charge in [-0.25, -0.2) is 4.79 Å². The summed E-state index contributed by atoms with van der Waals surface area (Å²) in [7, 11) is 0. The predicted molar refractivity (Wildman–Crippen MR) is 80.3 cm³/mol. The molecule has 0 atom stereocenters. The lowest BCUT2D eigenvalue weighted by molar-refractivity contribution is 0.0691. The topological polar surface area (TPSA) is 55.8 Å². The molecule has 0 aliphatic heterocycles. The van der Waals surface area contributed by atoms with Crippen LogP contribution >= 0.6 is 0 Å². The molecule has 1 N–H and O–H groups in total. The predicted octanol–water partition coefficient (Wildman–Crippen LogP) is 3.46. The van der Waals surface area contributed by atoms with E-state index in [2.05, 4.69) is 6.07 Å². The quantitative estimate of drug-likeness (QED) is 0.826. The first-order valence-electron chi connectivity index (χ1n) is 6.72. The number of hydrogen-bond donors (Lipinski definition) is 1. The lowest BCUT2D eigenvalue weighted by Crippen LogP contribution is -2.11. The van der Waals surface area contributed by atoms with Crippen molar-refractivity contribution in [1.29, 1.82) is 0 Å². The number of carboxylic acids is 1. The summed E-state index contributed by atoms with van der Waals surface area (Å²) in [6.07, 6.45) is 0. The van der Waals surface area contributed by atoms with Crippen LogP contribution in [-0.2, 0) is 0 Å². The van der Waals surface area contributed by atoms with E-state index in [1.807, 2.05) is 26.0 Å². The second kappa shape index (κ2) is 6.79. The summed E-state index contributed by atoms with van der Waals surface area (Å²) in [5.41, 5.74) is 2.44. The Bertz CT molecular complexity index is 614. The third kappa shape index (κ3) is 4.24. The monoisotopic (exact) mass is 286 g/mol. The molecule has 0 aliphatic rings. The molecule has 0 bridgehead atoms. The molecule has 0 heterocycles. The van der Waals surface area contributed by atoms with Crippen LogP contribution in [0.3, 0.4) is 0 Å². The van der Waals surface area contributed by atoms with Gasteiger partial charge < -0.3 is 14.6 Å². The lowest BCUT2D eigenvalue weighted by atomic mass is 10.1. The fraction of sp³-hybridized carbons (Fsp3) is 0.235. The first-order valence-corrected chi connectivity index (χ1v) is 6.72. The molecular formula is C17H18O4. The summed E-state index contributed by atoms with van der Waals surface area (Å²) < 4.78 is 11.1. The van der Waals surface area contributed by atoms with Crippen LogP contribution < -0.4 is 9.47 Å². The van der Waals surface area contributed by atoms with Crippen LogP contribution in [0.1, 0.15) is 21.5 Å². The SMILES string of the molecule is Cc1cc(C)cc(OCCOc2ccccc2C(=O)O)c1. The maximum absolute atomic E-state index is 11.0. The largest absolute Gasteiger partial charge is 0.490 e. The van der Waals surface area contributed by atoms with Gasteiger partial charge in [0.1, 0.15) is 30.3 Å². The number of aryl methyl sites for hydroxylation is 2. The van der Waals surface area contributed by atoms with Crippen LogP contribution in [0.25, 0.3) is 0 Å². The van der Waals surface area contributed by atoms with E-state index in [-0.39, 0.29) is 12.2 Å². The molecule has 0 aliphatic carbocycles. The molecule has 0 saturated heterocycles. The van der Waals surface area contributed by atoms with Crippen molar-refractivity contribution in [2.75, 3.05) is 13.2 Å². The van der Waals surface area contributed by atoms with E-state index in [9.17, 15) is 4.79 Å². The second-order valence-electron chi connectivity index (χ2n) is 4.82. The number of para-hydroxylation sites is 1. The number of hydrogen-bond acceptors (Lipinski definition) is 3. The van der Waals surface area contributed by atoms with Gasteiger partial charge in [0.05, 0.1) is 0 Å². The molecule has 4 heteroatoms. The average Bonchev–Trinajstić information content (AvgIpc) is 2.43. The molecule has 2 aromatic carbocycles. The lowest BCUT2D eigenvalue weighted by Gasteiger charge is -2.11. The highest BCUT2D eigenvalue weighted by Gasteiger charge is 2.09. The van der Waals surface area contributed by atoms with E-state index in [1.165, 1.54) is 6.07 Å². The number of aromatic carboxylic acids is 1. The Labute approximate surface area is 123 Å². The van der Waals surface area contributed by atoms with Gasteiger partial charge in [0.2, 0.25) is 0 Å². The van der Waals surface area contributed by atoms with E-state index < -0.39 is 5.97 Å². The first kappa shape index (κ1) is 14.9. The zero-order valence-electron chi connectivity index (χ0n) is 12.1. The molecular weight excluding hydrogens is 268 g/mol. The molecule has 0 aromatic heterocycles. The van der Waals surface area contributed by atoms with Gasteiger partial charge >= 0.3 is 5.97 Å². The van der Waals surface area contributed by atoms with E-state index in [0.717, 1.165) is 16.9 Å². The molecule has 0 radical (unpaired) electrons. The van der Waals surface area contributed by atoms with Crippen molar-refractivity contribution in [3.63, 3.8) is 0 Å². The van der Waals surface area contributed by atoms with Crippen molar-refractivity contribution in [3.8, 4) is 11.5 Å². The minimum Gasteiger partial charge on any atom is -0.490 e. The molecule has 21 heavy (non-hydrogen) atoms. The van der Waals surface area contributed by atoms with Gasteiger partial charge in [-0.3, -0.25) is 0 Å². The summed E-state index contributed by atoms with van der Waals surface area (Å²) >= 11 is 0. The molecule has 110 valence electrons. The van der Waals surface area contributed by atoms with E-state index in [1.54, 1.807) is 18.2 Å². The highest BCUT2D eigenvalue weighted by molar-refractivity contribution is 5.90. The Balaban J connectivity index is 1.89. The number of rotatable bonds is 6. The zero-order valence-corrected chi connectivity index (χ0v) is 12.1. The molecule has 0 amide bonds. The van der Waals surface area contributed by atoms with Crippen molar-refractivity contribution in [3.05, 3.63) is 59.2 Å². The standard InChI is InChI=1S/C17H18O4/c1-12-9-13(2)11-14(10-12)20-7-8-21-16-6-4-3-5-15(16)17(18)19/h3-6,9-11H,7-8H2,1-2H3,(H,18,19). The highest BCUT2D eigenvalue weighted by atomic mass is 16.5. The van der Waals surface area contributed by atoms with Gasteiger partial charge in [-0.2, -0.15) is 0 Å². The number of ether oxygens (including phenoxy) is 2. The Morgan fingerprint density at radius 3 is 2.29 bits per heavy atom. The fourth-order valence-electron chi connectivity index (χ4n) is 2.10. The van der Waals surface area contributed by atoms with E-state index >= 15 is 0 Å². The van der Waals surface area contributed by atoms with Crippen LogP contribution in [0, 0.1) is 13.8 Å². The van der Waals surface area contributed by atoms with Crippen molar-refractivity contribution in [2.45, 2.75) is 13.8 Å². The third-order valence-corrected chi connectivity index (χ3v) is 2.92. The minimum atomic E-state index is -0.999. The summed E-state index contributed by atoms with van der Waals surface area (Å²) in [4.78, 5) is 11.0. The van der Waals surface area contributed by atoms with Crippen molar-refractivity contribution in [2.24, 2.45) is 0 Å². The molecule has 4 nitrogen and oxygen atoms in total. The van der Waals surface area contributed by atoms with Gasteiger partial charge in [-0.05, 0) is 49.2 Å². The fourth-order valence-corrected chi connectivity index (χ4v) is 2.10. The smallest absolute Gasteiger partial charge is 0.339 e. The summed E-state index contributed by atoms with van der Waals surface area (Å²) in [5, 5.41) is 9.05. The first-order chi connectivity index (χ1) is 10.1. The van der Waals surface area contributed by atoms with Crippen LogP contribution in [-0.4, -0.2) is 24.3 Å². The van der Waals surface area contributed by atoms with Crippen molar-refractivity contribution < 1.29 is 19.4 Å².